The van der Waals surface area contributed by atoms with Gasteiger partial charge in [-0.2, -0.15) is 0 Å². The van der Waals surface area contributed by atoms with E-state index in [1.54, 1.807) is 62.5 Å². The lowest BCUT2D eigenvalue weighted by molar-refractivity contribution is -0.141. The molecule has 0 spiro atoms. The van der Waals surface area contributed by atoms with E-state index in [0.717, 1.165) is 4.90 Å². The number of esters is 1. The molecule has 0 saturated heterocycles. The number of hydrogen-bond acceptors (Lipinski definition) is 7. The number of pyridine rings is 1. The van der Waals surface area contributed by atoms with Crippen LogP contribution in [0.25, 0.3) is 0 Å². The Morgan fingerprint density at radius 1 is 1.10 bits per heavy atom. The van der Waals surface area contributed by atoms with E-state index in [1.165, 1.54) is 6.20 Å². The van der Waals surface area contributed by atoms with Crippen molar-refractivity contribution in [3.63, 3.8) is 0 Å². The zero-order chi connectivity index (χ0) is 21.7. The van der Waals surface area contributed by atoms with Gasteiger partial charge in [-0.25, -0.2) is 4.79 Å². The largest absolute Gasteiger partial charge is 0.462 e. The number of nitrogens with zero attached hydrogens (tertiary/aromatic N) is 2. The summed E-state index contributed by atoms with van der Waals surface area (Å²) >= 11 is 0. The number of aromatic nitrogens is 1. The SMILES string of the molecule is CCOC(=O)C1=C(N)N(c2cccnc2)C(=O)C(C(=O)c2ccccc2)C1OCC. The van der Waals surface area contributed by atoms with Gasteiger partial charge in [0, 0.05) is 18.4 Å². The van der Waals surface area contributed by atoms with Gasteiger partial charge in [-0.1, -0.05) is 30.3 Å². The summed E-state index contributed by atoms with van der Waals surface area (Å²) in [4.78, 5) is 44.8. The number of nitrogens with two attached hydrogens (primary N) is 1. The van der Waals surface area contributed by atoms with E-state index < -0.39 is 29.7 Å². The minimum Gasteiger partial charge on any atom is -0.462 e. The molecule has 1 aromatic heterocycles. The number of ketones is 1. The molecule has 1 aliphatic heterocycles. The molecule has 1 amide bonds. The maximum atomic E-state index is 13.5. The molecule has 2 N–H and O–H groups in total. The number of carbonyl (C=O) groups excluding carboxylic acids is 3. The summed E-state index contributed by atoms with van der Waals surface area (Å²) in [6.07, 6.45) is 1.81. The zero-order valence-electron chi connectivity index (χ0n) is 16.8. The van der Waals surface area contributed by atoms with Gasteiger partial charge in [-0.05, 0) is 26.0 Å². The monoisotopic (exact) mass is 409 g/mol. The smallest absolute Gasteiger partial charge is 0.340 e. The van der Waals surface area contributed by atoms with Crippen molar-refractivity contribution in [2.45, 2.75) is 20.0 Å². The predicted octanol–water partition coefficient (Wildman–Crippen LogP) is 2.07. The Balaban J connectivity index is 2.19. The van der Waals surface area contributed by atoms with Gasteiger partial charge < -0.3 is 15.2 Å². The number of amides is 1. The molecule has 0 bridgehead atoms. The molecule has 0 aliphatic carbocycles. The van der Waals surface area contributed by atoms with Gasteiger partial charge in [0.2, 0.25) is 5.91 Å². The van der Waals surface area contributed by atoms with Crippen molar-refractivity contribution in [3.05, 3.63) is 71.8 Å². The van der Waals surface area contributed by atoms with E-state index in [0.29, 0.717) is 11.3 Å². The minimum absolute atomic E-state index is 0.0589. The van der Waals surface area contributed by atoms with Crippen LogP contribution in [0.15, 0.2) is 66.3 Å². The Labute approximate surface area is 174 Å². The molecule has 0 fully saturated rings. The average Bonchev–Trinajstić information content (AvgIpc) is 2.75. The second-order valence-electron chi connectivity index (χ2n) is 6.49. The van der Waals surface area contributed by atoms with Crippen LogP contribution < -0.4 is 10.6 Å². The minimum atomic E-state index is -1.31. The van der Waals surface area contributed by atoms with Crippen LogP contribution in [0.1, 0.15) is 24.2 Å². The fourth-order valence-electron chi connectivity index (χ4n) is 3.39. The Morgan fingerprint density at radius 2 is 1.83 bits per heavy atom. The fraction of sp³-hybridized carbons (Fsp3) is 0.273. The lowest BCUT2D eigenvalue weighted by atomic mass is 9.84. The van der Waals surface area contributed by atoms with Gasteiger partial charge >= 0.3 is 5.97 Å². The molecular formula is C22H23N3O5. The standard InChI is InChI=1S/C22H23N3O5/c1-3-29-19-16(18(26)14-9-6-5-7-10-14)21(27)25(15-11-8-12-24-13-15)20(23)17(19)22(28)30-4-2/h5-13,16,19H,3-4,23H2,1-2H3. The van der Waals surface area contributed by atoms with Gasteiger partial charge in [0.25, 0.3) is 0 Å². The fourth-order valence-corrected chi connectivity index (χ4v) is 3.39. The second-order valence-corrected chi connectivity index (χ2v) is 6.49. The van der Waals surface area contributed by atoms with E-state index in [1.807, 2.05) is 0 Å². The molecular weight excluding hydrogens is 386 g/mol. The topological polar surface area (TPSA) is 112 Å². The normalized spacial score (nSPS) is 19.0. The van der Waals surface area contributed by atoms with Crippen LogP contribution in [0, 0.1) is 5.92 Å². The highest BCUT2D eigenvalue weighted by molar-refractivity contribution is 6.18. The summed E-state index contributed by atoms with van der Waals surface area (Å²) in [5.74, 6) is -3.25. The molecule has 3 rings (SSSR count). The van der Waals surface area contributed by atoms with Crippen LogP contribution >= 0.6 is 0 Å². The van der Waals surface area contributed by atoms with E-state index in [4.69, 9.17) is 15.2 Å². The highest BCUT2D eigenvalue weighted by atomic mass is 16.5. The van der Waals surface area contributed by atoms with Crippen molar-refractivity contribution in [2.75, 3.05) is 18.1 Å². The molecule has 0 saturated carbocycles. The molecule has 8 heteroatoms. The van der Waals surface area contributed by atoms with Gasteiger partial charge in [0.05, 0.1) is 18.5 Å². The van der Waals surface area contributed by atoms with Gasteiger partial charge in [0.1, 0.15) is 23.4 Å². The molecule has 2 aromatic rings. The van der Waals surface area contributed by atoms with Crippen LogP contribution in [0.4, 0.5) is 5.69 Å². The Bertz CT molecular complexity index is 959. The molecule has 156 valence electrons. The summed E-state index contributed by atoms with van der Waals surface area (Å²) in [5, 5.41) is 0. The second kappa shape index (κ2) is 9.32. The average molecular weight is 409 g/mol. The molecule has 2 heterocycles. The first-order valence-corrected chi connectivity index (χ1v) is 9.62. The molecule has 2 atom stereocenters. The number of benzene rings is 1. The lowest BCUT2D eigenvalue weighted by Crippen LogP contribution is -2.54. The molecule has 2 unspecified atom stereocenters. The predicted molar refractivity (Wildman–Crippen MR) is 109 cm³/mol. The Morgan fingerprint density at radius 3 is 2.43 bits per heavy atom. The maximum absolute atomic E-state index is 13.5. The number of carbonyl (C=O) groups is 3. The van der Waals surface area contributed by atoms with Crippen molar-refractivity contribution in [3.8, 4) is 0 Å². The van der Waals surface area contributed by atoms with Crippen LogP contribution in [0.3, 0.4) is 0 Å². The molecule has 1 aliphatic rings. The highest BCUT2D eigenvalue weighted by Crippen LogP contribution is 2.34. The van der Waals surface area contributed by atoms with Crippen LogP contribution in [0.5, 0.6) is 0 Å². The summed E-state index contributed by atoms with van der Waals surface area (Å²) in [6.45, 7) is 3.64. The van der Waals surface area contributed by atoms with Crippen molar-refractivity contribution in [1.82, 2.24) is 4.98 Å². The molecule has 1 aromatic carbocycles. The number of hydrogen-bond donors (Lipinski definition) is 1. The van der Waals surface area contributed by atoms with Gasteiger partial charge in [-0.15, -0.1) is 0 Å². The molecule has 0 radical (unpaired) electrons. The first kappa shape index (κ1) is 21.2. The van der Waals surface area contributed by atoms with E-state index in [9.17, 15) is 14.4 Å². The van der Waals surface area contributed by atoms with Crippen molar-refractivity contribution in [1.29, 1.82) is 0 Å². The molecule has 8 nitrogen and oxygen atoms in total. The summed E-state index contributed by atoms with van der Waals surface area (Å²) in [5.41, 5.74) is 6.87. The number of rotatable bonds is 7. The van der Waals surface area contributed by atoms with Crippen LogP contribution in [0.2, 0.25) is 0 Å². The van der Waals surface area contributed by atoms with E-state index in [2.05, 4.69) is 4.98 Å². The van der Waals surface area contributed by atoms with Gasteiger partial charge in [-0.3, -0.25) is 19.5 Å². The number of Topliss-reactive ketones (excluding diaryl/α,β-unsaturated/α-hetero) is 1. The maximum Gasteiger partial charge on any atom is 0.340 e. The van der Waals surface area contributed by atoms with E-state index in [-0.39, 0.29) is 24.6 Å². The Kier molecular flexibility index (Phi) is 6.58. The van der Waals surface area contributed by atoms with Crippen LogP contribution in [-0.4, -0.2) is 42.0 Å². The lowest BCUT2D eigenvalue weighted by Gasteiger charge is -2.37. The summed E-state index contributed by atoms with van der Waals surface area (Å²) in [7, 11) is 0. The molecule has 30 heavy (non-hydrogen) atoms. The summed E-state index contributed by atoms with van der Waals surface area (Å²) < 4.78 is 10.9. The first-order chi connectivity index (χ1) is 14.5. The zero-order valence-corrected chi connectivity index (χ0v) is 16.8. The van der Waals surface area contributed by atoms with Gasteiger partial charge in [0.15, 0.2) is 5.78 Å². The van der Waals surface area contributed by atoms with Crippen molar-refractivity contribution in [2.24, 2.45) is 11.7 Å². The van der Waals surface area contributed by atoms with Crippen molar-refractivity contribution >= 4 is 23.3 Å². The third-order valence-corrected chi connectivity index (χ3v) is 4.68. The number of ether oxygens (including phenoxy) is 2. The quantitative estimate of drug-likeness (QED) is 0.423. The van der Waals surface area contributed by atoms with E-state index >= 15 is 0 Å². The Hall–Kier alpha value is -3.52. The highest BCUT2D eigenvalue weighted by Gasteiger charge is 2.49. The number of anilines is 1. The van der Waals surface area contributed by atoms with Crippen molar-refractivity contribution < 1.29 is 23.9 Å². The van der Waals surface area contributed by atoms with Crippen LogP contribution in [-0.2, 0) is 19.1 Å². The third kappa shape index (κ3) is 3.95. The third-order valence-electron chi connectivity index (χ3n) is 4.68. The first-order valence-electron chi connectivity index (χ1n) is 9.62. The summed E-state index contributed by atoms with van der Waals surface area (Å²) in [6, 6.07) is 11.6.